The predicted molar refractivity (Wildman–Crippen MR) is 68.9 cm³/mol. The quantitative estimate of drug-likeness (QED) is 0.809. The minimum atomic E-state index is 0.490. The van der Waals surface area contributed by atoms with Gasteiger partial charge in [-0.05, 0) is 31.3 Å². The average molecular weight is 230 g/mol. The van der Waals surface area contributed by atoms with Crippen LogP contribution in [-0.4, -0.2) is 44.2 Å². The molecule has 17 heavy (non-hydrogen) atoms. The van der Waals surface area contributed by atoms with E-state index in [2.05, 4.69) is 28.7 Å². The number of nitrogens with one attached hydrogen (secondary N) is 2. The molecule has 1 heterocycles. The number of benzene rings is 1. The molecule has 4 nitrogen and oxygen atoms in total. The highest BCUT2D eigenvalue weighted by atomic mass is 15.2. The molecule has 1 unspecified atom stereocenters. The molecule has 1 aromatic rings. The second kappa shape index (κ2) is 5.67. The predicted octanol–water partition coefficient (Wildman–Crippen LogP) is 0.874. The van der Waals surface area contributed by atoms with Crippen molar-refractivity contribution in [2.75, 3.05) is 38.5 Å². The lowest BCUT2D eigenvalue weighted by Crippen LogP contribution is -2.51. The Balaban J connectivity index is 1.83. The largest absolute Gasteiger partial charge is 0.383 e. The van der Waals surface area contributed by atoms with Gasteiger partial charge in [-0.15, -0.1) is 0 Å². The van der Waals surface area contributed by atoms with Crippen LogP contribution in [0, 0.1) is 11.3 Å². The lowest BCUT2D eigenvalue weighted by molar-refractivity contribution is 0.244. The van der Waals surface area contributed by atoms with Gasteiger partial charge >= 0.3 is 0 Å². The molecule has 4 heteroatoms. The SMILES string of the molecule is CN1CCNC(CNc2ccc(C#N)cc2)C1. The smallest absolute Gasteiger partial charge is 0.0991 e. The minimum Gasteiger partial charge on any atom is -0.383 e. The Labute approximate surface area is 102 Å². The Bertz CT molecular complexity index is 393. The molecule has 1 saturated heterocycles. The Kier molecular flexibility index (Phi) is 3.97. The fourth-order valence-electron chi connectivity index (χ4n) is 2.03. The molecule has 90 valence electrons. The van der Waals surface area contributed by atoms with Crippen molar-refractivity contribution in [3.05, 3.63) is 29.8 Å². The Morgan fingerprint density at radius 1 is 1.47 bits per heavy atom. The van der Waals surface area contributed by atoms with Gasteiger partial charge in [-0.25, -0.2) is 0 Å². The van der Waals surface area contributed by atoms with Crippen molar-refractivity contribution in [2.45, 2.75) is 6.04 Å². The normalized spacial score (nSPS) is 20.8. The van der Waals surface area contributed by atoms with Gasteiger partial charge in [0.05, 0.1) is 11.6 Å². The summed E-state index contributed by atoms with van der Waals surface area (Å²) in [6.07, 6.45) is 0. The van der Waals surface area contributed by atoms with E-state index in [1.54, 1.807) is 0 Å². The first-order chi connectivity index (χ1) is 8.28. The maximum atomic E-state index is 8.71. The van der Waals surface area contributed by atoms with Crippen molar-refractivity contribution < 1.29 is 0 Å². The van der Waals surface area contributed by atoms with E-state index in [9.17, 15) is 0 Å². The first-order valence-corrected chi connectivity index (χ1v) is 5.94. The number of nitriles is 1. The van der Waals surface area contributed by atoms with Gasteiger partial charge in [0.1, 0.15) is 0 Å². The number of piperazine rings is 1. The standard InChI is InChI=1S/C13H18N4/c1-17-7-6-15-13(10-17)9-16-12-4-2-11(8-14)3-5-12/h2-5,13,15-16H,6-7,9-10H2,1H3. The number of hydrogen-bond acceptors (Lipinski definition) is 4. The van der Waals surface area contributed by atoms with Gasteiger partial charge in [-0.2, -0.15) is 5.26 Å². The van der Waals surface area contributed by atoms with Crippen molar-refractivity contribution in [3.63, 3.8) is 0 Å². The van der Waals surface area contributed by atoms with E-state index in [1.165, 1.54) is 0 Å². The van der Waals surface area contributed by atoms with Crippen LogP contribution in [0.25, 0.3) is 0 Å². The van der Waals surface area contributed by atoms with Gasteiger partial charge in [0.2, 0.25) is 0 Å². The summed E-state index contributed by atoms with van der Waals surface area (Å²) < 4.78 is 0. The Morgan fingerprint density at radius 2 is 2.24 bits per heavy atom. The van der Waals surface area contributed by atoms with E-state index in [1.807, 2.05) is 24.3 Å². The van der Waals surface area contributed by atoms with E-state index in [4.69, 9.17) is 5.26 Å². The van der Waals surface area contributed by atoms with Gasteiger partial charge < -0.3 is 15.5 Å². The topological polar surface area (TPSA) is 51.1 Å². The number of likely N-dealkylation sites (N-methyl/N-ethyl adjacent to an activating group) is 1. The molecule has 1 aliphatic heterocycles. The zero-order valence-corrected chi connectivity index (χ0v) is 10.1. The maximum Gasteiger partial charge on any atom is 0.0991 e. The molecule has 2 rings (SSSR count). The third-order valence-corrected chi connectivity index (χ3v) is 3.03. The molecule has 2 N–H and O–H groups in total. The Morgan fingerprint density at radius 3 is 2.88 bits per heavy atom. The van der Waals surface area contributed by atoms with E-state index in [-0.39, 0.29) is 0 Å². The van der Waals surface area contributed by atoms with E-state index < -0.39 is 0 Å². The highest BCUT2D eigenvalue weighted by Gasteiger charge is 2.15. The van der Waals surface area contributed by atoms with Crippen LogP contribution in [-0.2, 0) is 0 Å². The van der Waals surface area contributed by atoms with Gasteiger partial charge in [-0.1, -0.05) is 0 Å². The van der Waals surface area contributed by atoms with Crippen LogP contribution in [0.1, 0.15) is 5.56 Å². The summed E-state index contributed by atoms with van der Waals surface area (Å²) in [6, 6.07) is 10.2. The molecule has 1 fully saturated rings. The molecule has 0 radical (unpaired) electrons. The summed E-state index contributed by atoms with van der Waals surface area (Å²) >= 11 is 0. The molecular formula is C13H18N4. The van der Waals surface area contributed by atoms with Crippen LogP contribution in [0.2, 0.25) is 0 Å². The zero-order valence-electron chi connectivity index (χ0n) is 10.1. The van der Waals surface area contributed by atoms with E-state index in [0.717, 1.165) is 31.9 Å². The lowest BCUT2D eigenvalue weighted by atomic mass is 10.2. The summed E-state index contributed by atoms with van der Waals surface area (Å²) in [5, 5.41) is 15.6. The summed E-state index contributed by atoms with van der Waals surface area (Å²) in [7, 11) is 2.15. The lowest BCUT2D eigenvalue weighted by Gasteiger charge is -2.31. The molecule has 0 aromatic heterocycles. The average Bonchev–Trinajstić information content (AvgIpc) is 2.37. The number of nitrogens with zero attached hydrogens (tertiary/aromatic N) is 2. The van der Waals surface area contributed by atoms with Crippen molar-refractivity contribution in [2.24, 2.45) is 0 Å². The summed E-state index contributed by atoms with van der Waals surface area (Å²) in [6.45, 7) is 4.16. The molecule has 0 bridgehead atoms. The first-order valence-electron chi connectivity index (χ1n) is 5.94. The van der Waals surface area contributed by atoms with Crippen LogP contribution in [0.5, 0.6) is 0 Å². The molecule has 0 amide bonds. The molecule has 0 aliphatic carbocycles. The first kappa shape index (κ1) is 11.9. The number of anilines is 1. The third-order valence-electron chi connectivity index (χ3n) is 3.03. The van der Waals surface area contributed by atoms with Gasteiger partial charge in [0.15, 0.2) is 0 Å². The van der Waals surface area contributed by atoms with Crippen LogP contribution >= 0.6 is 0 Å². The summed E-state index contributed by atoms with van der Waals surface area (Å²) in [4.78, 5) is 2.33. The minimum absolute atomic E-state index is 0.490. The van der Waals surface area contributed by atoms with Crippen molar-refractivity contribution in [1.82, 2.24) is 10.2 Å². The zero-order chi connectivity index (χ0) is 12.1. The van der Waals surface area contributed by atoms with Crippen LogP contribution in [0.3, 0.4) is 0 Å². The van der Waals surface area contributed by atoms with Crippen LogP contribution in [0.4, 0.5) is 5.69 Å². The van der Waals surface area contributed by atoms with Gasteiger partial charge in [0, 0.05) is 37.9 Å². The van der Waals surface area contributed by atoms with Crippen LogP contribution in [0.15, 0.2) is 24.3 Å². The molecule has 0 spiro atoms. The Hall–Kier alpha value is -1.57. The summed E-state index contributed by atoms with van der Waals surface area (Å²) in [5.41, 5.74) is 1.77. The van der Waals surface area contributed by atoms with Crippen LogP contribution < -0.4 is 10.6 Å². The summed E-state index contributed by atoms with van der Waals surface area (Å²) in [5.74, 6) is 0. The monoisotopic (exact) mass is 230 g/mol. The van der Waals surface area contributed by atoms with Crippen molar-refractivity contribution >= 4 is 5.69 Å². The van der Waals surface area contributed by atoms with E-state index >= 15 is 0 Å². The van der Waals surface area contributed by atoms with E-state index in [0.29, 0.717) is 11.6 Å². The van der Waals surface area contributed by atoms with Crippen molar-refractivity contribution in [1.29, 1.82) is 5.26 Å². The molecule has 0 saturated carbocycles. The number of rotatable bonds is 3. The molecule has 1 aromatic carbocycles. The van der Waals surface area contributed by atoms with Crippen molar-refractivity contribution in [3.8, 4) is 6.07 Å². The molecule has 1 atom stereocenters. The number of hydrogen-bond donors (Lipinski definition) is 2. The highest BCUT2D eigenvalue weighted by Crippen LogP contribution is 2.09. The van der Waals surface area contributed by atoms with Gasteiger partial charge in [-0.3, -0.25) is 0 Å². The third kappa shape index (κ3) is 3.45. The highest BCUT2D eigenvalue weighted by molar-refractivity contribution is 5.47. The second-order valence-electron chi connectivity index (χ2n) is 4.48. The maximum absolute atomic E-state index is 8.71. The van der Waals surface area contributed by atoms with Gasteiger partial charge in [0.25, 0.3) is 0 Å². The fourth-order valence-corrected chi connectivity index (χ4v) is 2.03. The fraction of sp³-hybridized carbons (Fsp3) is 0.462. The molecule has 1 aliphatic rings. The second-order valence-corrected chi connectivity index (χ2v) is 4.48. The molecular weight excluding hydrogens is 212 g/mol.